The van der Waals surface area contributed by atoms with Crippen LogP contribution >= 0.6 is 0 Å². The van der Waals surface area contributed by atoms with Crippen LogP contribution in [-0.4, -0.2) is 21.1 Å². The average Bonchev–Trinajstić information content (AvgIpc) is 2.76. The highest BCUT2D eigenvalue weighted by atomic mass is 16.6. The predicted molar refractivity (Wildman–Crippen MR) is 68.1 cm³/mol. The quantitative estimate of drug-likeness (QED) is 0.512. The number of hydrogen-bond donors (Lipinski definition) is 1. The molecule has 0 radical (unpaired) electrons. The van der Waals surface area contributed by atoms with Crippen LogP contribution in [0.2, 0.25) is 0 Å². The number of aromatic nitrogens is 2. The fourth-order valence-electron chi connectivity index (χ4n) is 1.44. The molecule has 0 spiro atoms. The number of furan rings is 1. The molecule has 2 aromatic rings. The first-order chi connectivity index (χ1) is 9.04. The summed E-state index contributed by atoms with van der Waals surface area (Å²) >= 11 is 0. The van der Waals surface area contributed by atoms with Gasteiger partial charge in [-0.05, 0) is 26.0 Å². The summed E-state index contributed by atoms with van der Waals surface area (Å²) < 4.78 is 4.90. The molecule has 2 heterocycles. The molecule has 0 aliphatic rings. The number of hydrazone groups is 1. The summed E-state index contributed by atoms with van der Waals surface area (Å²) in [4.78, 5) is 18.1. The van der Waals surface area contributed by atoms with Crippen LogP contribution in [0.15, 0.2) is 27.7 Å². The molecule has 0 atom stereocenters. The first-order valence-corrected chi connectivity index (χ1v) is 5.40. The van der Waals surface area contributed by atoms with E-state index in [2.05, 4.69) is 20.5 Å². The SMILES string of the molecule is Cc1cc(C)nc(N/N=C/c2ccc([N+](=O)[O-])o2)n1. The minimum Gasteiger partial charge on any atom is -0.400 e. The molecule has 0 amide bonds. The summed E-state index contributed by atoms with van der Waals surface area (Å²) in [6, 6.07) is 4.55. The van der Waals surface area contributed by atoms with Gasteiger partial charge in [0.1, 0.15) is 4.92 Å². The zero-order chi connectivity index (χ0) is 13.8. The first kappa shape index (κ1) is 12.7. The van der Waals surface area contributed by atoms with Crippen molar-refractivity contribution in [2.45, 2.75) is 13.8 Å². The Bertz CT molecular complexity index is 615. The monoisotopic (exact) mass is 261 g/mol. The molecule has 0 aliphatic heterocycles. The zero-order valence-electron chi connectivity index (χ0n) is 10.3. The van der Waals surface area contributed by atoms with Crippen LogP contribution in [0.5, 0.6) is 0 Å². The van der Waals surface area contributed by atoms with Gasteiger partial charge in [0.15, 0.2) is 5.76 Å². The van der Waals surface area contributed by atoms with Crippen molar-refractivity contribution in [3.63, 3.8) is 0 Å². The summed E-state index contributed by atoms with van der Waals surface area (Å²) in [5.74, 6) is 0.294. The molecule has 98 valence electrons. The summed E-state index contributed by atoms with van der Waals surface area (Å²) in [6.07, 6.45) is 1.31. The van der Waals surface area contributed by atoms with Gasteiger partial charge in [0.2, 0.25) is 5.95 Å². The Hall–Kier alpha value is -2.77. The van der Waals surface area contributed by atoms with Crippen molar-refractivity contribution in [2.75, 3.05) is 5.43 Å². The molecular formula is C11H11N5O3. The maximum absolute atomic E-state index is 10.4. The van der Waals surface area contributed by atoms with Crippen LogP contribution in [0, 0.1) is 24.0 Å². The fraction of sp³-hybridized carbons (Fsp3) is 0.182. The Morgan fingerprint density at radius 3 is 2.63 bits per heavy atom. The summed E-state index contributed by atoms with van der Waals surface area (Å²) in [6.45, 7) is 3.69. The van der Waals surface area contributed by atoms with E-state index < -0.39 is 4.92 Å². The third-order valence-corrected chi connectivity index (χ3v) is 2.13. The molecule has 2 rings (SSSR count). The lowest BCUT2D eigenvalue weighted by atomic mass is 10.4. The van der Waals surface area contributed by atoms with Crippen molar-refractivity contribution in [1.82, 2.24) is 9.97 Å². The van der Waals surface area contributed by atoms with Gasteiger partial charge in [-0.3, -0.25) is 10.1 Å². The molecule has 8 heteroatoms. The van der Waals surface area contributed by atoms with Gasteiger partial charge < -0.3 is 4.42 Å². The Balaban J connectivity index is 2.04. The van der Waals surface area contributed by atoms with Gasteiger partial charge >= 0.3 is 5.88 Å². The van der Waals surface area contributed by atoms with Gasteiger partial charge in [0, 0.05) is 11.4 Å². The minimum atomic E-state index is -0.613. The molecule has 0 saturated carbocycles. The molecule has 0 unspecified atom stereocenters. The highest BCUT2D eigenvalue weighted by molar-refractivity contribution is 5.76. The van der Waals surface area contributed by atoms with Gasteiger partial charge in [-0.15, -0.1) is 0 Å². The molecule has 8 nitrogen and oxygen atoms in total. The summed E-state index contributed by atoms with van der Waals surface area (Å²) in [5.41, 5.74) is 4.27. The second-order valence-corrected chi connectivity index (χ2v) is 3.78. The van der Waals surface area contributed by atoms with Crippen LogP contribution in [0.25, 0.3) is 0 Å². The Labute approximate surface area is 108 Å². The molecule has 2 aromatic heterocycles. The van der Waals surface area contributed by atoms with Gasteiger partial charge in [-0.25, -0.2) is 15.4 Å². The lowest BCUT2D eigenvalue weighted by Crippen LogP contribution is -1.99. The standard InChI is InChI=1S/C11H11N5O3/c1-7-5-8(2)14-11(13-7)15-12-6-9-3-4-10(19-9)16(17)18/h3-6H,1-2H3,(H,13,14,15)/b12-6+. The lowest BCUT2D eigenvalue weighted by Gasteiger charge is -2.00. The molecule has 0 aliphatic carbocycles. The maximum atomic E-state index is 10.4. The third kappa shape index (κ3) is 3.35. The summed E-state index contributed by atoms with van der Waals surface area (Å²) in [5, 5.41) is 14.3. The van der Waals surface area contributed by atoms with E-state index in [0.29, 0.717) is 5.95 Å². The van der Waals surface area contributed by atoms with Crippen molar-refractivity contribution >= 4 is 18.0 Å². The lowest BCUT2D eigenvalue weighted by molar-refractivity contribution is -0.402. The van der Waals surface area contributed by atoms with Crippen molar-refractivity contribution in [1.29, 1.82) is 0 Å². The van der Waals surface area contributed by atoms with Crippen LogP contribution in [0.1, 0.15) is 17.1 Å². The van der Waals surface area contributed by atoms with E-state index in [1.54, 1.807) is 0 Å². The van der Waals surface area contributed by atoms with Gasteiger partial charge in [-0.1, -0.05) is 0 Å². The van der Waals surface area contributed by atoms with Crippen LogP contribution in [0.4, 0.5) is 11.8 Å². The number of nitrogens with one attached hydrogen (secondary N) is 1. The molecule has 19 heavy (non-hydrogen) atoms. The highest BCUT2D eigenvalue weighted by Crippen LogP contribution is 2.13. The number of nitrogens with zero attached hydrogens (tertiary/aromatic N) is 4. The maximum Gasteiger partial charge on any atom is 0.433 e. The van der Waals surface area contributed by atoms with Gasteiger partial charge in [0.05, 0.1) is 12.3 Å². The Kier molecular flexibility index (Phi) is 3.51. The van der Waals surface area contributed by atoms with Crippen LogP contribution in [0.3, 0.4) is 0 Å². The second kappa shape index (κ2) is 5.25. The molecule has 1 N–H and O–H groups in total. The van der Waals surface area contributed by atoms with E-state index in [0.717, 1.165) is 11.4 Å². The van der Waals surface area contributed by atoms with Crippen molar-refractivity contribution in [3.05, 3.63) is 45.5 Å². The number of rotatable bonds is 4. The largest absolute Gasteiger partial charge is 0.433 e. The predicted octanol–water partition coefficient (Wildman–Crippen LogP) is 2.04. The number of nitro groups is 1. The molecule has 0 bridgehead atoms. The number of anilines is 1. The molecule has 0 saturated heterocycles. The molecule has 0 aromatic carbocycles. The molecule has 0 fully saturated rings. The smallest absolute Gasteiger partial charge is 0.400 e. The van der Waals surface area contributed by atoms with Crippen molar-refractivity contribution in [2.24, 2.45) is 5.10 Å². The number of aryl methyl sites for hydroxylation is 2. The fourth-order valence-corrected chi connectivity index (χ4v) is 1.44. The third-order valence-electron chi connectivity index (χ3n) is 2.13. The Morgan fingerprint density at radius 1 is 1.37 bits per heavy atom. The normalized spacial score (nSPS) is 10.8. The summed E-state index contributed by atoms with van der Waals surface area (Å²) in [7, 11) is 0. The van der Waals surface area contributed by atoms with Crippen molar-refractivity contribution < 1.29 is 9.34 Å². The average molecular weight is 261 g/mol. The molecular weight excluding hydrogens is 250 g/mol. The first-order valence-electron chi connectivity index (χ1n) is 5.40. The Morgan fingerprint density at radius 2 is 2.05 bits per heavy atom. The van der Waals surface area contributed by atoms with Gasteiger partial charge in [-0.2, -0.15) is 5.10 Å². The minimum absolute atomic E-state index is 0.267. The van der Waals surface area contributed by atoms with E-state index >= 15 is 0 Å². The van der Waals surface area contributed by atoms with Crippen molar-refractivity contribution in [3.8, 4) is 0 Å². The second-order valence-electron chi connectivity index (χ2n) is 3.78. The van der Waals surface area contributed by atoms with E-state index in [-0.39, 0.29) is 11.6 Å². The van der Waals surface area contributed by atoms with Gasteiger partial charge in [0.25, 0.3) is 0 Å². The van der Waals surface area contributed by atoms with Crippen LogP contribution < -0.4 is 5.43 Å². The topological polar surface area (TPSA) is 106 Å². The van der Waals surface area contributed by atoms with Crippen LogP contribution in [-0.2, 0) is 0 Å². The van der Waals surface area contributed by atoms with E-state index in [9.17, 15) is 10.1 Å². The van der Waals surface area contributed by atoms with E-state index in [1.165, 1.54) is 18.3 Å². The number of hydrogen-bond acceptors (Lipinski definition) is 7. The zero-order valence-corrected chi connectivity index (χ0v) is 10.3. The van der Waals surface area contributed by atoms with E-state index in [1.807, 2.05) is 19.9 Å². The highest BCUT2D eigenvalue weighted by Gasteiger charge is 2.10. The van der Waals surface area contributed by atoms with E-state index in [4.69, 9.17) is 4.42 Å².